The number of nitrogens with zero attached hydrogens (tertiary/aromatic N) is 2. The van der Waals surface area contributed by atoms with Crippen LogP contribution in [0.25, 0.3) is 0 Å². The molecule has 1 aromatic carbocycles. The van der Waals surface area contributed by atoms with Gasteiger partial charge in [0, 0.05) is 24.2 Å². The van der Waals surface area contributed by atoms with Crippen LogP contribution < -0.4 is 0 Å². The van der Waals surface area contributed by atoms with Gasteiger partial charge in [-0.2, -0.15) is 4.31 Å². The van der Waals surface area contributed by atoms with Crippen LogP contribution in [0.1, 0.15) is 57.8 Å². The van der Waals surface area contributed by atoms with E-state index >= 15 is 0 Å². The molecule has 1 aliphatic carbocycles. The maximum absolute atomic E-state index is 13.3. The molecule has 2 fully saturated rings. The Morgan fingerprint density at radius 1 is 0.963 bits per heavy atom. The van der Waals surface area contributed by atoms with Crippen LogP contribution in [0.3, 0.4) is 0 Å². The summed E-state index contributed by atoms with van der Waals surface area (Å²) in [7, 11) is -3.73. The molecule has 0 radical (unpaired) electrons. The third-order valence-electron chi connectivity index (χ3n) is 5.65. The Labute approximate surface area is 167 Å². The predicted octanol–water partition coefficient (Wildman–Crippen LogP) is 4.07. The number of carbonyl (C=O) groups excluding carboxylic acids is 1. The molecule has 5 nitrogen and oxygen atoms in total. The first kappa shape index (κ1) is 20.6. The van der Waals surface area contributed by atoms with Crippen molar-refractivity contribution >= 4 is 27.5 Å². The summed E-state index contributed by atoms with van der Waals surface area (Å²) in [5.41, 5.74) is 0. The fraction of sp³-hybridized carbons (Fsp3) is 0.650. The summed E-state index contributed by atoms with van der Waals surface area (Å²) in [6, 6.07) is 6.14. The molecule has 0 atom stereocenters. The van der Waals surface area contributed by atoms with Crippen LogP contribution in [0, 0.1) is 0 Å². The fourth-order valence-corrected chi connectivity index (χ4v) is 5.84. The smallest absolute Gasteiger partial charge is 0.243 e. The first-order valence-corrected chi connectivity index (χ1v) is 11.9. The second-order valence-corrected chi connectivity index (χ2v) is 9.92. The van der Waals surface area contributed by atoms with Crippen LogP contribution >= 0.6 is 11.6 Å². The lowest BCUT2D eigenvalue weighted by Crippen LogP contribution is -2.48. The van der Waals surface area contributed by atoms with E-state index in [0.717, 1.165) is 70.9 Å². The third kappa shape index (κ3) is 5.24. The number of benzene rings is 1. The van der Waals surface area contributed by atoms with Crippen LogP contribution in [-0.4, -0.2) is 49.2 Å². The minimum Gasteiger partial charge on any atom is -0.342 e. The quantitative estimate of drug-likeness (QED) is 0.732. The van der Waals surface area contributed by atoms with E-state index in [9.17, 15) is 13.2 Å². The second kappa shape index (κ2) is 9.39. The zero-order valence-electron chi connectivity index (χ0n) is 15.8. The topological polar surface area (TPSA) is 57.7 Å². The molecular formula is C20H29ClN2O3S. The van der Waals surface area contributed by atoms with Crippen molar-refractivity contribution in [2.45, 2.75) is 68.7 Å². The molecule has 150 valence electrons. The highest BCUT2D eigenvalue weighted by Crippen LogP contribution is 2.28. The number of amides is 1. The van der Waals surface area contributed by atoms with E-state index in [1.165, 1.54) is 16.4 Å². The van der Waals surface area contributed by atoms with E-state index in [2.05, 4.69) is 0 Å². The average Bonchev–Trinajstić information content (AvgIpc) is 2.96. The average molecular weight is 413 g/mol. The minimum absolute atomic E-state index is 0.0599. The lowest BCUT2D eigenvalue weighted by Gasteiger charge is -2.34. The molecule has 7 heteroatoms. The van der Waals surface area contributed by atoms with Gasteiger partial charge in [0.15, 0.2) is 0 Å². The molecule has 0 aromatic heterocycles. The number of hydrogen-bond acceptors (Lipinski definition) is 3. The Kier molecular flexibility index (Phi) is 7.17. The Morgan fingerprint density at radius 3 is 2.11 bits per heavy atom. The van der Waals surface area contributed by atoms with Gasteiger partial charge in [0.05, 0.1) is 11.4 Å². The Balaban J connectivity index is 1.83. The van der Waals surface area contributed by atoms with E-state index in [1.54, 1.807) is 12.1 Å². The molecule has 3 rings (SSSR count). The second-order valence-electron chi connectivity index (χ2n) is 7.59. The highest BCUT2D eigenvalue weighted by atomic mass is 35.5. The van der Waals surface area contributed by atoms with Gasteiger partial charge in [-0.25, -0.2) is 8.42 Å². The Hall–Kier alpha value is -1.11. The summed E-state index contributed by atoms with van der Waals surface area (Å²) in [6.07, 6.45) is 9.06. The summed E-state index contributed by atoms with van der Waals surface area (Å²) in [5.74, 6) is -0.0694. The van der Waals surface area contributed by atoms with Crippen molar-refractivity contribution in [1.82, 2.24) is 9.21 Å². The van der Waals surface area contributed by atoms with E-state index in [1.807, 2.05) is 4.90 Å². The van der Waals surface area contributed by atoms with Gasteiger partial charge in [0.2, 0.25) is 15.9 Å². The number of hydrogen-bond donors (Lipinski definition) is 0. The van der Waals surface area contributed by atoms with Crippen LogP contribution in [0.4, 0.5) is 0 Å². The molecule has 0 N–H and O–H groups in total. The van der Waals surface area contributed by atoms with Gasteiger partial charge >= 0.3 is 0 Å². The first-order chi connectivity index (χ1) is 13.0. The number of rotatable bonds is 5. The molecule has 1 amide bonds. The summed E-state index contributed by atoms with van der Waals surface area (Å²) < 4.78 is 28.1. The van der Waals surface area contributed by atoms with Crippen molar-refractivity contribution in [3.8, 4) is 0 Å². The standard InChI is InChI=1S/C20H29ClN2O3S/c21-17-10-12-19(13-11-17)27(25,26)23(18-8-4-3-5-9-18)16-20(24)22-14-6-1-2-7-15-22/h10-13,18H,1-9,14-16H2. The monoisotopic (exact) mass is 412 g/mol. The van der Waals surface area contributed by atoms with E-state index in [0.29, 0.717) is 5.02 Å². The summed E-state index contributed by atoms with van der Waals surface area (Å²) in [4.78, 5) is 15.0. The molecule has 0 bridgehead atoms. The zero-order chi connectivity index (χ0) is 19.3. The SMILES string of the molecule is O=C(CN(C1CCCCC1)S(=O)(=O)c1ccc(Cl)cc1)N1CCCCCC1. The number of sulfonamides is 1. The molecule has 1 aromatic rings. The fourth-order valence-electron chi connectivity index (χ4n) is 4.07. The number of carbonyl (C=O) groups is 1. The lowest BCUT2D eigenvalue weighted by molar-refractivity contribution is -0.131. The predicted molar refractivity (Wildman–Crippen MR) is 107 cm³/mol. The number of halogens is 1. The highest BCUT2D eigenvalue weighted by Gasteiger charge is 2.35. The van der Waals surface area contributed by atoms with Gasteiger partial charge in [0.25, 0.3) is 0 Å². The van der Waals surface area contributed by atoms with Crippen molar-refractivity contribution in [3.63, 3.8) is 0 Å². The van der Waals surface area contributed by atoms with Gasteiger partial charge in [-0.05, 0) is 49.9 Å². The maximum atomic E-state index is 13.3. The van der Waals surface area contributed by atoms with Gasteiger partial charge < -0.3 is 4.90 Å². The van der Waals surface area contributed by atoms with Crippen molar-refractivity contribution in [2.24, 2.45) is 0 Å². The minimum atomic E-state index is -3.73. The van der Waals surface area contributed by atoms with Crippen LogP contribution in [0.5, 0.6) is 0 Å². The molecule has 27 heavy (non-hydrogen) atoms. The summed E-state index contributed by atoms with van der Waals surface area (Å²) >= 11 is 5.92. The van der Waals surface area contributed by atoms with Crippen LogP contribution in [-0.2, 0) is 14.8 Å². The largest absolute Gasteiger partial charge is 0.342 e. The molecule has 1 saturated carbocycles. The third-order valence-corrected chi connectivity index (χ3v) is 7.82. The van der Waals surface area contributed by atoms with Crippen molar-refractivity contribution in [1.29, 1.82) is 0 Å². The number of likely N-dealkylation sites (tertiary alicyclic amines) is 1. The Bertz CT molecular complexity index is 722. The van der Waals surface area contributed by atoms with E-state index in [4.69, 9.17) is 11.6 Å². The molecular weight excluding hydrogens is 384 g/mol. The Morgan fingerprint density at radius 2 is 1.52 bits per heavy atom. The van der Waals surface area contributed by atoms with Crippen LogP contribution in [0.2, 0.25) is 5.02 Å². The molecule has 0 unspecified atom stereocenters. The van der Waals surface area contributed by atoms with Gasteiger partial charge in [-0.15, -0.1) is 0 Å². The van der Waals surface area contributed by atoms with E-state index in [-0.39, 0.29) is 23.4 Å². The summed E-state index contributed by atoms with van der Waals surface area (Å²) in [6.45, 7) is 1.41. The van der Waals surface area contributed by atoms with Gasteiger partial charge in [0.1, 0.15) is 0 Å². The van der Waals surface area contributed by atoms with Crippen LogP contribution in [0.15, 0.2) is 29.2 Å². The molecule has 0 spiro atoms. The lowest BCUT2D eigenvalue weighted by atomic mass is 9.95. The molecule has 1 saturated heterocycles. The van der Waals surface area contributed by atoms with Crippen molar-refractivity contribution in [3.05, 3.63) is 29.3 Å². The summed E-state index contributed by atoms with van der Waals surface area (Å²) in [5, 5.41) is 0.499. The van der Waals surface area contributed by atoms with E-state index < -0.39 is 10.0 Å². The molecule has 1 aliphatic heterocycles. The van der Waals surface area contributed by atoms with Crippen molar-refractivity contribution < 1.29 is 13.2 Å². The van der Waals surface area contributed by atoms with Gasteiger partial charge in [-0.3, -0.25) is 4.79 Å². The molecule has 2 aliphatic rings. The maximum Gasteiger partial charge on any atom is 0.243 e. The van der Waals surface area contributed by atoms with Crippen molar-refractivity contribution in [2.75, 3.05) is 19.6 Å². The van der Waals surface area contributed by atoms with Gasteiger partial charge in [-0.1, -0.05) is 43.7 Å². The first-order valence-electron chi connectivity index (χ1n) is 10.0. The normalized spacial score (nSPS) is 19.9. The molecule has 1 heterocycles. The zero-order valence-corrected chi connectivity index (χ0v) is 17.3. The highest BCUT2D eigenvalue weighted by molar-refractivity contribution is 7.89.